The Hall–Kier alpha value is -2.32. The molecule has 1 aromatic heterocycles. The molecule has 2 saturated heterocycles. The van der Waals surface area contributed by atoms with Gasteiger partial charge >= 0.3 is 6.18 Å². The van der Waals surface area contributed by atoms with Crippen LogP contribution in [0.5, 0.6) is 0 Å². The van der Waals surface area contributed by atoms with Crippen molar-refractivity contribution in [1.29, 1.82) is 0 Å². The molecule has 6 nitrogen and oxygen atoms in total. The molecule has 2 atom stereocenters. The molecule has 3 rings (SSSR count). The second-order valence-electron chi connectivity index (χ2n) is 7.95. The van der Waals surface area contributed by atoms with E-state index >= 15 is 0 Å². The molecule has 3 heterocycles. The molecule has 2 aliphatic rings. The molecule has 1 aromatic rings. The minimum absolute atomic E-state index is 0.113. The van der Waals surface area contributed by atoms with Gasteiger partial charge in [-0.15, -0.1) is 0 Å². The standard InChI is InChI=1S/C20H27F3N4O2/c1-14(12-26-9-4-7-17(26)28)11-25-19(29)15-5-3-10-27(13-15)18-16(20(21,22)23)6-2-8-24-18/h2,6,8,14-15H,3-5,7,9-13H2,1H3,(H,25,29)/t14-,15-/m0/s1. The first-order valence-corrected chi connectivity index (χ1v) is 10.1. The van der Waals surface area contributed by atoms with Crippen molar-refractivity contribution < 1.29 is 22.8 Å². The normalized spacial score (nSPS) is 21.4. The molecule has 0 unspecified atom stereocenters. The number of piperidine rings is 1. The van der Waals surface area contributed by atoms with Crippen LogP contribution in [0.4, 0.5) is 19.0 Å². The molecule has 0 aromatic carbocycles. The summed E-state index contributed by atoms with van der Waals surface area (Å²) in [5.41, 5.74) is -0.773. The third-order valence-electron chi connectivity index (χ3n) is 5.51. The molecular formula is C20H27F3N4O2. The van der Waals surface area contributed by atoms with Gasteiger partial charge in [-0.1, -0.05) is 6.92 Å². The van der Waals surface area contributed by atoms with Crippen molar-refractivity contribution in [2.75, 3.05) is 37.6 Å². The minimum atomic E-state index is -4.48. The first-order valence-electron chi connectivity index (χ1n) is 10.1. The molecular weight excluding hydrogens is 385 g/mol. The number of nitrogens with one attached hydrogen (secondary N) is 1. The number of carbonyl (C=O) groups is 2. The molecule has 0 saturated carbocycles. The molecule has 2 aliphatic heterocycles. The highest BCUT2D eigenvalue weighted by atomic mass is 19.4. The lowest BCUT2D eigenvalue weighted by Crippen LogP contribution is -2.45. The fraction of sp³-hybridized carbons (Fsp3) is 0.650. The van der Waals surface area contributed by atoms with E-state index in [0.717, 1.165) is 19.0 Å². The lowest BCUT2D eigenvalue weighted by molar-refractivity contribution is -0.137. The Morgan fingerprint density at radius 3 is 2.83 bits per heavy atom. The van der Waals surface area contributed by atoms with Gasteiger partial charge < -0.3 is 15.1 Å². The van der Waals surface area contributed by atoms with Gasteiger partial charge in [-0.3, -0.25) is 9.59 Å². The summed E-state index contributed by atoms with van der Waals surface area (Å²) in [6, 6.07) is 2.29. The van der Waals surface area contributed by atoms with Gasteiger partial charge in [-0.25, -0.2) is 4.98 Å². The summed E-state index contributed by atoms with van der Waals surface area (Å²) in [4.78, 5) is 31.6. The summed E-state index contributed by atoms with van der Waals surface area (Å²) in [7, 11) is 0. The number of anilines is 1. The highest BCUT2D eigenvalue weighted by Crippen LogP contribution is 2.36. The Bertz CT molecular complexity index is 741. The molecule has 2 amide bonds. The van der Waals surface area contributed by atoms with E-state index in [1.807, 2.05) is 11.8 Å². The van der Waals surface area contributed by atoms with Crippen molar-refractivity contribution in [3.63, 3.8) is 0 Å². The van der Waals surface area contributed by atoms with E-state index in [0.29, 0.717) is 38.9 Å². The zero-order chi connectivity index (χ0) is 21.0. The Morgan fingerprint density at radius 1 is 1.34 bits per heavy atom. The zero-order valence-corrected chi connectivity index (χ0v) is 16.5. The van der Waals surface area contributed by atoms with Crippen LogP contribution in [-0.2, 0) is 15.8 Å². The van der Waals surface area contributed by atoms with E-state index in [-0.39, 0.29) is 36.0 Å². The van der Waals surface area contributed by atoms with E-state index in [4.69, 9.17) is 0 Å². The summed E-state index contributed by atoms with van der Waals surface area (Å²) >= 11 is 0. The minimum Gasteiger partial charge on any atom is -0.355 e. The summed E-state index contributed by atoms with van der Waals surface area (Å²) in [6.45, 7) is 4.44. The van der Waals surface area contributed by atoms with Crippen molar-refractivity contribution in [1.82, 2.24) is 15.2 Å². The zero-order valence-electron chi connectivity index (χ0n) is 16.5. The van der Waals surface area contributed by atoms with Crippen LogP contribution < -0.4 is 10.2 Å². The Balaban J connectivity index is 1.55. The van der Waals surface area contributed by atoms with E-state index in [1.54, 1.807) is 4.90 Å². The summed E-state index contributed by atoms with van der Waals surface area (Å²) in [5.74, 6) is -0.375. The maximum Gasteiger partial charge on any atom is 0.419 e. The Kier molecular flexibility index (Phi) is 6.64. The number of hydrogen-bond acceptors (Lipinski definition) is 4. The van der Waals surface area contributed by atoms with Gasteiger partial charge in [-0.05, 0) is 37.3 Å². The Labute approximate surface area is 168 Å². The fourth-order valence-electron chi connectivity index (χ4n) is 4.01. The van der Waals surface area contributed by atoms with Gasteiger partial charge in [0.15, 0.2) is 0 Å². The summed E-state index contributed by atoms with van der Waals surface area (Å²) in [5, 5.41) is 2.91. The average Bonchev–Trinajstić information content (AvgIpc) is 3.10. The van der Waals surface area contributed by atoms with Crippen molar-refractivity contribution in [3.05, 3.63) is 23.9 Å². The van der Waals surface area contributed by atoms with Gasteiger partial charge in [0.2, 0.25) is 11.8 Å². The molecule has 0 radical (unpaired) electrons. The SMILES string of the molecule is C[C@@H](CNC(=O)[C@H]1CCCN(c2ncccc2C(F)(F)F)C1)CN1CCCC1=O. The largest absolute Gasteiger partial charge is 0.419 e. The smallest absolute Gasteiger partial charge is 0.355 e. The van der Waals surface area contributed by atoms with Crippen LogP contribution in [0.15, 0.2) is 18.3 Å². The predicted molar refractivity (Wildman–Crippen MR) is 102 cm³/mol. The highest BCUT2D eigenvalue weighted by Gasteiger charge is 2.37. The van der Waals surface area contributed by atoms with Crippen LogP contribution in [0, 0.1) is 11.8 Å². The average molecular weight is 412 g/mol. The van der Waals surface area contributed by atoms with Crippen LogP contribution in [0.3, 0.4) is 0 Å². The fourth-order valence-corrected chi connectivity index (χ4v) is 4.01. The molecule has 0 bridgehead atoms. The molecule has 1 N–H and O–H groups in total. The first kappa shape index (κ1) is 21.4. The maximum absolute atomic E-state index is 13.3. The van der Waals surface area contributed by atoms with E-state index in [2.05, 4.69) is 10.3 Å². The monoisotopic (exact) mass is 412 g/mol. The number of amides is 2. The second-order valence-corrected chi connectivity index (χ2v) is 7.95. The quantitative estimate of drug-likeness (QED) is 0.780. The van der Waals surface area contributed by atoms with Crippen LogP contribution in [-0.4, -0.2) is 54.4 Å². The van der Waals surface area contributed by atoms with Gasteiger partial charge in [0, 0.05) is 45.3 Å². The number of likely N-dealkylation sites (tertiary alicyclic amines) is 1. The van der Waals surface area contributed by atoms with Crippen LogP contribution in [0.25, 0.3) is 0 Å². The number of alkyl halides is 3. The molecule has 29 heavy (non-hydrogen) atoms. The number of aromatic nitrogens is 1. The van der Waals surface area contributed by atoms with Gasteiger partial charge in [0.05, 0.1) is 11.5 Å². The second kappa shape index (κ2) is 9.00. The first-order chi connectivity index (χ1) is 13.8. The van der Waals surface area contributed by atoms with Crippen LogP contribution in [0.2, 0.25) is 0 Å². The predicted octanol–water partition coefficient (Wildman–Crippen LogP) is 2.69. The number of pyridine rings is 1. The number of hydrogen-bond donors (Lipinski definition) is 1. The van der Waals surface area contributed by atoms with Crippen molar-refractivity contribution in [2.24, 2.45) is 11.8 Å². The van der Waals surface area contributed by atoms with Gasteiger partial charge in [-0.2, -0.15) is 13.2 Å². The van der Waals surface area contributed by atoms with Crippen LogP contribution >= 0.6 is 0 Å². The lowest BCUT2D eigenvalue weighted by Gasteiger charge is -2.34. The third-order valence-corrected chi connectivity index (χ3v) is 5.51. The molecule has 0 spiro atoms. The lowest BCUT2D eigenvalue weighted by atomic mass is 9.96. The number of nitrogens with zero attached hydrogens (tertiary/aromatic N) is 3. The molecule has 9 heteroatoms. The highest BCUT2D eigenvalue weighted by molar-refractivity contribution is 5.80. The number of halogens is 3. The molecule has 2 fully saturated rings. The third kappa shape index (κ3) is 5.39. The van der Waals surface area contributed by atoms with E-state index < -0.39 is 11.7 Å². The maximum atomic E-state index is 13.3. The van der Waals surface area contributed by atoms with E-state index in [9.17, 15) is 22.8 Å². The van der Waals surface area contributed by atoms with Crippen molar-refractivity contribution in [3.8, 4) is 0 Å². The summed E-state index contributed by atoms with van der Waals surface area (Å²) in [6.07, 6.45) is -0.413. The topological polar surface area (TPSA) is 65.5 Å². The van der Waals surface area contributed by atoms with Crippen molar-refractivity contribution >= 4 is 17.6 Å². The van der Waals surface area contributed by atoms with Crippen molar-refractivity contribution in [2.45, 2.75) is 38.8 Å². The van der Waals surface area contributed by atoms with E-state index in [1.165, 1.54) is 12.3 Å². The van der Waals surface area contributed by atoms with Gasteiger partial charge in [0.25, 0.3) is 0 Å². The summed E-state index contributed by atoms with van der Waals surface area (Å²) < 4.78 is 39.9. The number of carbonyl (C=O) groups excluding carboxylic acids is 2. The number of rotatable bonds is 6. The Morgan fingerprint density at radius 2 is 2.14 bits per heavy atom. The van der Waals surface area contributed by atoms with Gasteiger partial charge in [0.1, 0.15) is 5.82 Å². The van der Waals surface area contributed by atoms with Crippen LogP contribution in [0.1, 0.15) is 38.2 Å². The molecule has 160 valence electrons. The molecule has 0 aliphatic carbocycles.